The third-order valence-corrected chi connectivity index (χ3v) is 3.79. The highest BCUT2D eigenvalue weighted by atomic mass is 16.6. The summed E-state index contributed by atoms with van der Waals surface area (Å²) in [7, 11) is 0. The summed E-state index contributed by atoms with van der Waals surface area (Å²) in [6, 6.07) is 0. The number of Topliss-reactive ketones (excluding diaryl/α,β-unsaturated/α-hetero) is 1. The molecule has 1 rings (SSSR count). The van der Waals surface area contributed by atoms with E-state index in [9.17, 15) is 14.4 Å². The number of cyclic esters (lactones) is 2. The highest BCUT2D eigenvalue weighted by Crippen LogP contribution is 2.20. The molecule has 0 saturated carbocycles. The largest absolute Gasteiger partial charge is 0.393 e. The molecule has 0 aromatic carbocycles. The van der Waals surface area contributed by atoms with E-state index in [1.165, 1.54) is 38.5 Å². The Balaban J connectivity index is 1.97. The monoisotopic (exact) mass is 282 g/mol. The molecule has 0 radical (unpaired) electrons. The molecule has 1 aliphatic heterocycles. The normalized spacial score (nSPS) is 18.4. The van der Waals surface area contributed by atoms with Gasteiger partial charge in [-0.1, -0.05) is 58.3 Å². The molecule has 1 aliphatic rings. The maximum absolute atomic E-state index is 11.8. The van der Waals surface area contributed by atoms with Crippen LogP contribution in [0.25, 0.3) is 0 Å². The molecule has 0 N–H and O–H groups in total. The zero-order chi connectivity index (χ0) is 14.8. The Kier molecular flexibility index (Phi) is 8.16. The summed E-state index contributed by atoms with van der Waals surface area (Å²) in [5, 5.41) is 0. The lowest BCUT2D eigenvalue weighted by atomic mass is 9.97. The van der Waals surface area contributed by atoms with Crippen molar-refractivity contribution in [1.82, 2.24) is 0 Å². The van der Waals surface area contributed by atoms with Crippen molar-refractivity contribution < 1.29 is 19.1 Å². The first-order valence-electron chi connectivity index (χ1n) is 7.92. The van der Waals surface area contributed by atoms with Gasteiger partial charge in [0.05, 0.1) is 6.42 Å². The van der Waals surface area contributed by atoms with Gasteiger partial charge in [-0.25, -0.2) is 0 Å². The maximum Gasteiger partial charge on any atom is 0.324 e. The predicted molar refractivity (Wildman–Crippen MR) is 76.1 cm³/mol. The summed E-state index contributed by atoms with van der Waals surface area (Å²) in [6.45, 7) is 2.21. The molecular weight excluding hydrogens is 256 g/mol. The summed E-state index contributed by atoms with van der Waals surface area (Å²) in [5.74, 6) is -2.18. The lowest BCUT2D eigenvalue weighted by molar-refractivity contribution is -0.153. The Hall–Kier alpha value is -1.19. The van der Waals surface area contributed by atoms with Crippen LogP contribution < -0.4 is 0 Å². The summed E-state index contributed by atoms with van der Waals surface area (Å²) in [4.78, 5) is 33.9. The summed E-state index contributed by atoms with van der Waals surface area (Å²) in [6.07, 6.45) is 11.0. The average Bonchev–Trinajstić information content (AvgIpc) is 2.75. The Labute approximate surface area is 121 Å². The van der Waals surface area contributed by atoms with Gasteiger partial charge in [0, 0.05) is 6.42 Å². The summed E-state index contributed by atoms with van der Waals surface area (Å²) >= 11 is 0. The second-order valence-corrected chi connectivity index (χ2v) is 5.59. The summed E-state index contributed by atoms with van der Waals surface area (Å²) in [5.41, 5.74) is 0. The number of hydrogen-bond donors (Lipinski definition) is 0. The number of carbonyl (C=O) groups excluding carboxylic acids is 3. The standard InChI is InChI=1S/C16H26O4/c1-2-3-4-5-6-7-8-9-10-11-14(17)13-12-15(18)20-16(13)19/h13H,2-12H2,1H3. The molecule has 0 aliphatic carbocycles. The van der Waals surface area contributed by atoms with Crippen LogP contribution in [0.1, 0.15) is 77.6 Å². The van der Waals surface area contributed by atoms with Crippen LogP contribution in [-0.4, -0.2) is 17.7 Å². The van der Waals surface area contributed by atoms with Crippen molar-refractivity contribution in [2.24, 2.45) is 5.92 Å². The lowest BCUT2D eigenvalue weighted by Gasteiger charge is -2.04. The Bertz CT molecular complexity index is 335. The van der Waals surface area contributed by atoms with Crippen molar-refractivity contribution in [3.8, 4) is 0 Å². The summed E-state index contributed by atoms with van der Waals surface area (Å²) < 4.78 is 4.39. The molecule has 0 aromatic heterocycles. The van der Waals surface area contributed by atoms with E-state index < -0.39 is 17.9 Å². The van der Waals surface area contributed by atoms with Crippen molar-refractivity contribution in [1.29, 1.82) is 0 Å². The molecule has 1 atom stereocenters. The fourth-order valence-electron chi connectivity index (χ4n) is 2.50. The molecular formula is C16H26O4. The topological polar surface area (TPSA) is 60.4 Å². The first kappa shape index (κ1) is 16.9. The van der Waals surface area contributed by atoms with Crippen LogP contribution in [0.3, 0.4) is 0 Å². The van der Waals surface area contributed by atoms with Gasteiger partial charge in [-0.2, -0.15) is 0 Å². The van der Waals surface area contributed by atoms with Crippen LogP contribution in [0.15, 0.2) is 0 Å². The number of carbonyl (C=O) groups is 3. The van der Waals surface area contributed by atoms with Crippen LogP contribution in [0.4, 0.5) is 0 Å². The zero-order valence-corrected chi connectivity index (χ0v) is 12.5. The average molecular weight is 282 g/mol. The molecule has 1 unspecified atom stereocenters. The van der Waals surface area contributed by atoms with Crippen LogP contribution in [-0.2, 0) is 19.1 Å². The van der Waals surface area contributed by atoms with E-state index in [0.29, 0.717) is 6.42 Å². The molecule has 0 aromatic rings. The van der Waals surface area contributed by atoms with Gasteiger partial charge in [-0.05, 0) is 6.42 Å². The number of rotatable bonds is 11. The van der Waals surface area contributed by atoms with Crippen LogP contribution in [0.2, 0.25) is 0 Å². The number of unbranched alkanes of at least 4 members (excludes halogenated alkanes) is 8. The number of esters is 2. The van der Waals surface area contributed by atoms with Gasteiger partial charge in [-0.15, -0.1) is 0 Å². The van der Waals surface area contributed by atoms with Crippen molar-refractivity contribution >= 4 is 17.7 Å². The molecule has 0 bridgehead atoms. The SMILES string of the molecule is CCCCCCCCCCCC(=O)C1CC(=O)OC1=O. The minimum atomic E-state index is -0.823. The second-order valence-electron chi connectivity index (χ2n) is 5.59. The van der Waals surface area contributed by atoms with Crippen molar-refractivity contribution in [3.63, 3.8) is 0 Å². The quantitative estimate of drug-likeness (QED) is 0.330. The van der Waals surface area contributed by atoms with E-state index in [0.717, 1.165) is 19.3 Å². The van der Waals surface area contributed by atoms with E-state index >= 15 is 0 Å². The first-order chi connectivity index (χ1) is 9.65. The van der Waals surface area contributed by atoms with E-state index in [2.05, 4.69) is 11.7 Å². The minimum absolute atomic E-state index is 0.0604. The van der Waals surface area contributed by atoms with Gasteiger partial charge in [0.2, 0.25) is 0 Å². The Morgan fingerprint density at radius 2 is 1.55 bits per heavy atom. The third-order valence-electron chi connectivity index (χ3n) is 3.79. The lowest BCUT2D eigenvalue weighted by Crippen LogP contribution is -2.18. The molecule has 1 fully saturated rings. The number of ketones is 1. The number of ether oxygens (including phenoxy) is 1. The van der Waals surface area contributed by atoms with Gasteiger partial charge in [0.25, 0.3) is 0 Å². The van der Waals surface area contributed by atoms with E-state index in [1.54, 1.807) is 0 Å². The van der Waals surface area contributed by atoms with Crippen molar-refractivity contribution in [2.45, 2.75) is 77.6 Å². The van der Waals surface area contributed by atoms with E-state index in [1.807, 2.05) is 0 Å². The van der Waals surface area contributed by atoms with Crippen LogP contribution in [0, 0.1) is 5.92 Å². The molecule has 4 heteroatoms. The molecule has 1 heterocycles. The molecule has 4 nitrogen and oxygen atoms in total. The number of hydrogen-bond acceptors (Lipinski definition) is 4. The maximum atomic E-state index is 11.8. The fourth-order valence-corrected chi connectivity index (χ4v) is 2.50. The van der Waals surface area contributed by atoms with Gasteiger partial charge < -0.3 is 4.74 Å². The highest BCUT2D eigenvalue weighted by molar-refractivity contribution is 6.08. The molecule has 0 amide bonds. The fraction of sp³-hybridized carbons (Fsp3) is 0.812. The van der Waals surface area contributed by atoms with Crippen molar-refractivity contribution in [2.75, 3.05) is 0 Å². The zero-order valence-electron chi connectivity index (χ0n) is 12.5. The Morgan fingerprint density at radius 3 is 2.05 bits per heavy atom. The van der Waals surface area contributed by atoms with Gasteiger partial charge in [0.1, 0.15) is 11.7 Å². The van der Waals surface area contributed by atoms with Crippen molar-refractivity contribution in [3.05, 3.63) is 0 Å². The van der Waals surface area contributed by atoms with E-state index in [-0.39, 0.29) is 12.2 Å². The first-order valence-corrected chi connectivity index (χ1v) is 7.92. The van der Waals surface area contributed by atoms with Gasteiger partial charge in [-0.3, -0.25) is 14.4 Å². The molecule has 20 heavy (non-hydrogen) atoms. The van der Waals surface area contributed by atoms with Gasteiger partial charge in [0.15, 0.2) is 0 Å². The third kappa shape index (κ3) is 6.31. The minimum Gasteiger partial charge on any atom is -0.393 e. The predicted octanol–water partition coefficient (Wildman–Crippen LogP) is 3.57. The smallest absolute Gasteiger partial charge is 0.324 e. The molecule has 114 valence electrons. The molecule has 1 saturated heterocycles. The van der Waals surface area contributed by atoms with Crippen LogP contribution >= 0.6 is 0 Å². The Morgan fingerprint density at radius 1 is 1.00 bits per heavy atom. The van der Waals surface area contributed by atoms with Crippen LogP contribution in [0.5, 0.6) is 0 Å². The second kappa shape index (κ2) is 9.67. The highest BCUT2D eigenvalue weighted by Gasteiger charge is 2.38. The molecule has 0 spiro atoms. The van der Waals surface area contributed by atoms with E-state index in [4.69, 9.17) is 0 Å². The van der Waals surface area contributed by atoms with Gasteiger partial charge >= 0.3 is 11.9 Å².